The first-order chi connectivity index (χ1) is 12.6. The Morgan fingerprint density at radius 1 is 1.04 bits per heavy atom. The fourth-order valence-electron chi connectivity index (χ4n) is 2.82. The summed E-state index contributed by atoms with van der Waals surface area (Å²) in [6.45, 7) is 5.02. The molecule has 0 atom stereocenters. The molecule has 2 N–H and O–H groups in total. The van der Waals surface area contributed by atoms with E-state index in [-0.39, 0.29) is 18.4 Å². The van der Waals surface area contributed by atoms with Gasteiger partial charge in [-0.15, -0.1) is 0 Å². The van der Waals surface area contributed by atoms with E-state index in [4.69, 9.17) is 0 Å². The monoisotopic (exact) mass is 350 g/mol. The molecule has 0 unspecified atom stereocenters. The summed E-state index contributed by atoms with van der Waals surface area (Å²) in [4.78, 5) is 28.7. The number of hydrogen-bond donors (Lipinski definition) is 2. The van der Waals surface area contributed by atoms with Crippen LogP contribution in [-0.2, 0) is 17.9 Å². The fraction of sp³-hybridized carbons (Fsp3) is 0.250. The second kappa shape index (κ2) is 7.82. The molecule has 0 bridgehead atoms. The van der Waals surface area contributed by atoms with Crippen molar-refractivity contribution in [3.8, 4) is 0 Å². The number of nitrogens with one attached hydrogen (secondary N) is 2. The molecular weight excluding hydrogens is 328 g/mol. The highest BCUT2D eigenvalue weighted by Crippen LogP contribution is 2.15. The molecule has 6 nitrogen and oxygen atoms in total. The summed E-state index contributed by atoms with van der Waals surface area (Å²) in [6, 6.07) is 15.1. The molecule has 3 aromatic rings. The third kappa shape index (κ3) is 3.91. The Balaban J connectivity index is 1.56. The molecule has 0 saturated heterocycles. The Morgan fingerprint density at radius 3 is 2.50 bits per heavy atom. The van der Waals surface area contributed by atoms with Gasteiger partial charge in [0.1, 0.15) is 5.82 Å². The van der Waals surface area contributed by atoms with Crippen LogP contribution in [0.1, 0.15) is 28.7 Å². The summed E-state index contributed by atoms with van der Waals surface area (Å²) in [5.74, 6) is 0.285. The van der Waals surface area contributed by atoms with Crippen molar-refractivity contribution in [3.05, 3.63) is 65.5 Å². The number of imidazole rings is 1. The fourth-order valence-corrected chi connectivity index (χ4v) is 2.82. The largest absolute Gasteiger partial charge is 0.347 e. The number of hydrogen-bond acceptors (Lipinski definition) is 3. The number of nitrogens with zero attached hydrogens (tertiary/aromatic N) is 2. The molecule has 0 aliphatic rings. The molecule has 134 valence electrons. The van der Waals surface area contributed by atoms with Crippen molar-refractivity contribution >= 4 is 22.8 Å². The lowest BCUT2D eigenvalue weighted by Gasteiger charge is -2.09. The van der Waals surface area contributed by atoms with Crippen LogP contribution in [-0.4, -0.2) is 27.9 Å². The molecule has 0 fully saturated rings. The highest BCUT2D eigenvalue weighted by Gasteiger charge is 2.11. The van der Waals surface area contributed by atoms with Crippen LogP contribution in [0.25, 0.3) is 11.0 Å². The van der Waals surface area contributed by atoms with Gasteiger partial charge in [-0.3, -0.25) is 9.59 Å². The molecule has 1 heterocycles. The van der Waals surface area contributed by atoms with Gasteiger partial charge in [-0.2, -0.15) is 0 Å². The average molecular weight is 350 g/mol. The molecule has 0 spiro atoms. The molecule has 1 aromatic heterocycles. The van der Waals surface area contributed by atoms with E-state index in [1.165, 1.54) is 0 Å². The number of fused-ring (bicyclic) bond motifs is 1. The van der Waals surface area contributed by atoms with Crippen molar-refractivity contribution in [1.29, 1.82) is 0 Å². The molecule has 26 heavy (non-hydrogen) atoms. The van der Waals surface area contributed by atoms with Gasteiger partial charge in [-0.1, -0.05) is 29.8 Å². The second-order valence-electron chi connectivity index (χ2n) is 6.09. The number of carbonyl (C=O) groups excluding carboxylic acids is 2. The minimum absolute atomic E-state index is 0.0704. The quantitative estimate of drug-likeness (QED) is 0.717. The van der Waals surface area contributed by atoms with Crippen molar-refractivity contribution in [3.63, 3.8) is 0 Å². The van der Waals surface area contributed by atoms with Gasteiger partial charge >= 0.3 is 0 Å². The molecule has 2 amide bonds. The molecular formula is C20H22N4O2. The van der Waals surface area contributed by atoms with Crippen LogP contribution in [0.5, 0.6) is 0 Å². The van der Waals surface area contributed by atoms with Crippen molar-refractivity contribution in [1.82, 2.24) is 20.2 Å². The second-order valence-corrected chi connectivity index (χ2v) is 6.09. The van der Waals surface area contributed by atoms with E-state index in [0.29, 0.717) is 12.1 Å². The molecule has 3 rings (SSSR count). The van der Waals surface area contributed by atoms with Crippen molar-refractivity contribution in [2.24, 2.45) is 0 Å². The van der Waals surface area contributed by atoms with Crippen LogP contribution in [0.15, 0.2) is 48.5 Å². The summed E-state index contributed by atoms with van der Waals surface area (Å²) >= 11 is 0. The van der Waals surface area contributed by atoms with Gasteiger partial charge in [0.25, 0.3) is 5.91 Å². The Morgan fingerprint density at radius 2 is 1.77 bits per heavy atom. The first-order valence-electron chi connectivity index (χ1n) is 8.64. The predicted molar refractivity (Wildman–Crippen MR) is 101 cm³/mol. The molecule has 6 heteroatoms. The van der Waals surface area contributed by atoms with Gasteiger partial charge in [0.2, 0.25) is 5.91 Å². The third-order valence-electron chi connectivity index (χ3n) is 4.22. The van der Waals surface area contributed by atoms with Gasteiger partial charge in [-0.05, 0) is 38.1 Å². The van der Waals surface area contributed by atoms with E-state index in [2.05, 4.69) is 20.2 Å². The highest BCUT2D eigenvalue weighted by molar-refractivity contribution is 5.96. The van der Waals surface area contributed by atoms with Gasteiger partial charge < -0.3 is 15.2 Å². The van der Waals surface area contributed by atoms with E-state index in [9.17, 15) is 9.59 Å². The van der Waals surface area contributed by atoms with E-state index in [1.54, 1.807) is 12.1 Å². The van der Waals surface area contributed by atoms with Gasteiger partial charge in [0.15, 0.2) is 0 Å². The van der Waals surface area contributed by atoms with Gasteiger partial charge in [0.05, 0.1) is 24.1 Å². The number of amides is 2. The van der Waals surface area contributed by atoms with Crippen LogP contribution in [0.2, 0.25) is 0 Å². The topological polar surface area (TPSA) is 76.0 Å². The lowest BCUT2D eigenvalue weighted by Crippen LogP contribution is -2.37. The van der Waals surface area contributed by atoms with Crippen molar-refractivity contribution in [2.75, 3.05) is 6.54 Å². The zero-order chi connectivity index (χ0) is 18.5. The summed E-state index contributed by atoms with van der Waals surface area (Å²) in [5.41, 5.74) is 3.58. The number of para-hydroxylation sites is 2. The number of aromatic nitrogens is 2. The lowest BCUT2D eigenvalue weighted by molar-refractivity contribution is -0.120. The van der Waals surface area contributed by atoms with Crippen LogP contribution in [0.3, 0.4) is 0 Å². The first kappa shape index (κ1) is 17.7. The van der Waals surface area contributed by atoms with Gasteiger partial charge in [0, 0.05) is 12.1 Å². The summed E-state index contributed by atoms with van der Waals surface area (Å²) < 4.78 is 2.07. The Hall–Kier alpha value is -3.15. The third-order valence-corrected chi connectivity index (χ3v) is 4.22. The number of aryl methyl sites for hydroxylation is 2. The Labute approximate surface area is 152 Å². The molecule has 0 radical (unpaired) electrons. The molecule has 0 aliphatic heterocycles. The van der Waals surface area contributed by atoms with E-state index in [0.717, 1.165) is 29.0 Å². The van der Waals surface area contributed by atoms with E-state index >= 15 is 0 Å². The van der Waals surface area contributed by atoms with E-state index < -0.39 is 0 Å². The molecule has 2 aromatic carbocycles. The predicted octanol–water partition coefficient (Wildman–Crippen LogP) is 2.41. The Kier molecular flexibility index (Phi) is 5.31. The van der Waals surface area contributed by atoms with Gasteiger partial charge in [-0.25, -0.2) is 4.98 Å². The standard InChI is InChI=1S/C20H22N4O2/c1-3-24-17-7-5-4-6-16(17)23-18(24)12-21-19(25)13-22-20(26)15-10-8-14(2)9-11-15/h4-11H,3,12-13H2,1-2H3,(H,21,25)(H,22,26). The van der Waals surface area contributed by atoms with Crippen LogP contribution >= 0.6 is 0 Å². The van der Waals surface area contributed by atoms with Crippen molar-refractivity contribution in [2.45, 2.75) is 26.9 Å². The van der Waals surface area contributed by atoms with Crippen LogP contribution < -0.4 is 10.6 Å². The Bertz CT molecular complexity index is 929. The summed E-state index contributed by atoms with van der Waals surface area (Å²) in [5, 5.41) is 5.45. The zero-order valence-electron chi connectivity index (χ0n) is 15.0. The maximum Gasteiger partial charge on any atom is 0.251 e. The smallest absolute Gasteiger partial charge is 0.251 e. The summed E-state index contributed by atoms with van der Waals surface area (Å²) in [6.07, 6.45) is 0. The SMILES string of the molecule is CCn1c(CNC(=O)CNC(=O)c2ccc(C)cc2)nc2ccccc21. The van der Waals surface area contributed by atoms with Crippen LogP contribution in [0.4, 0.5) is 0 Å². The summed E-state index contributed by atoms with van der Waals surface area (Å²) in [7, 11) is 0. The number of benzene rings is 2. The molecule has 0 saturated carbocycles. The highest BCUT2D eigenvalue weighted by atomic mass is 16.2. The van der Waals surface area contributed by atoms with Crippen molar-refractivity contribution < 1.29 is 9.59 Å². The normalized spacial score (nSPS) is 10.7. The minimum atomic E-state index is -0.263. The molecule has 0 aliphatic carbocycles. The maximum absolute atomic E-state index is 12.1. The van der Waals surface area contributed by atoms with E-state index in [1.807, 2.05) is 50.2 Å². The first-order valence-corrected chi connectivity index (χ1v) is 8.64. The minimum Gasteiger partial charge on any atom is -0.347 e. The number of rotatable bonds is 6. The number of carbonyl (C=O) groups is 2. The average Bonchev–Trinajstić information content (AvgIpc) is 3.02. The lowest BCUT2D eigenvalue weighted by atomic mass is 10.1. The van der Waals surface area contributed by atoms with Crippen LogP contribution in [0, 0.1) is 6.92 Å². The zero-order valence-corrected chi connectivity index (χ0v) is 15.0. The maximum atomic E-state index is 12.1.